The zero-order valence-corrected chi connectivity index (χ0v) is 15.2. The molecule has 1 unspecified atom stereocenters. The van der Waals surface area contributed by atoms with Gasteiger partial charge in [-0.3, -0.25) is 0 Å². The minimum Gasteiger partial charge on any atom is -0.493 e. The van der Waals surface area contributed by atoms with Gasteiger partial charge in [-0.2, -0.15) is 0 Å². The van der Waals surface area contributed by atoms with Gasteiger partial charge in [0.15, 0.2) is 0 Å². The predicted molar refractivity (Wildman–Crippen MR) is 98.2 cm³/mol. The lowest BCUT2D eigenvalue weighted by Crippen LogP contribution is -2.28. The number of benzene rings is 2. The van der Waals surface area contributed by atoms with E-state index < -0.39 is 0 Å². The molecule has 0 radical (unpaired) electrons. The summed E-state index contributed by atoms with van der Waals surface area (Å²) in [5, 5.41) is 0. The largest absolute Gasteiger partial charge is 0.493 e. The highest BCUT2D eigenvalue weighted by atomic mass is 16.5. The summed E-state index contributed by atoms with van der Waals surface area (Å²) in [4.78, 5) is 0. The topological polar surface area (TPSA) is 27.7 Å². The van der Waals surface area contributed by atoms with E-state index in [9.17, 15) is 0 Å². The van der Waals surface area contributed by atoms with E-state index in [2.05, 4.69) is 32.9 Å². The molecular formula is C21H28O3. The minimum absolute atomic E-state index is 0.117. The standard InChI is InChI=1S/C21H28O3/c1-5-17-7-9-19(10-8-17)24-20-13-11-18(12-14-20)23-16-15-21(3,6-2)22-4/h7-14H,5-6,15-16H2,1-4H3. The number of aryl methyl sites for hydroxylation is 1. The molecule has 0 aliphatic heterocycles. The van der Waals surface area contributed by atoms with E-state index in [1.807, 2.05) is 36.4 Å². The lowest BCUT2D eigenvalue weighted by atomic mass is 10.00. The molecule has 0 fully saturated rings. The van der Waals surface area contributed by atoms with Crippen molar-refractivity contribution in [2.45, 2.75) is 45.6 Å². The third-order valence-electron chi connectivity index (χ3n) is 4.53. The summed E-state index contributed by atoms with van der Waals surface area (Å²) in [6, 6.07) is 15.9. The van der Waals surface area contributed by atoms with Crippen LogP contribution in [0.15, 0.2) is 48.5 Å². The Kier molecular flexibility index (Phi) is 6.68. The molecule has 0 saturated carbocycles. The molecule has 2 rings (SSSR count). The maximum atomic E-state index is 5.85. The Bertz CT molecular complexity index is 598. The number of ether oxygens (including phenoxy) is 3. The van der Waals surface area contributed by atoms with Gasteiger partial charge in [0.2, 0.25) is 0 Å². The lowest BCUT2D eigenvalue weighted by Gasteiger charge is -2.26. The Balaban J connectivity index is 1.86. The molecule has 0 bridgehead atoms. The van der Waals surface area contributed by atoms with E-state index in [0.29, 0.717) is 6.61 Å². The first-order chi connectivity index (χ1) is 11.6. The van der Waals surface area contributed by atoms with Gasteiger partial charge in [0.1, 0.15) is 17.2 Å². The first-order valence-corrected chi connectivity index (χ1v) is 8.63. The second-order valence-corrected chi connectivity index (χ2v) is 6.18. The smallest absolute Gasteiger partial charge is 0.127 e. The predicted octanol–water partition coefficient (Wildman–Crippen LogP) is 5.63. The Morgan fingerprint density at radius 2 is 1.38 bits per heavy atom. The summed E-state index contributed by atoms with van der Waals surface area (Å²) in [5.41, 5.74) is 1.19. The van der Waals surface area contributed by atoms with Crippen LogP contribution in [-0.4, -0.2) is 19.3 Å². The molecule has 2 aromatic carbocycles. The molecule has 2 aromatic rings. The Labute approximate surface area is 145 Å². The molecule has 130 valence electrons. The van der Waals surface area contributed by atoms with Crippen LogP contribution in [-0.2, 0) is 11.2 Å². The van der Waals surface area contributed by atoms with Gasteiger partial charge in [-0.1, -0.05) is 26.0 Å². The van der Waals surface area contributed by atoms with Crippen LogP contribution in [0.25, 0.3) is 0 Å². The van der Waals surface area contributed by atoms with Gasteiger partial charge in [0, 0.05) is 13.5 Å². The van der Waals surface area contributed by atoms with Crippen molar-refractivity contribution in [1.82, 2.24) is 0 Å². The second-order valence-electron chi connectivity index (χ2n) is 6.18. The zero-order chi connectivity index (χ0) is 17.4. The molecule has 0 amide bonds. The monoisotopic (exact) mass is 328 g/mol. The number of rotatable bonds is 9. The molecule has 24 heavy (non-hydrogen) atoms. The van der Waals surface area contributed by atoms with Gasteiger partial charge in [0.05, 0.1) is 12.2 Å². The van der Waals surface area contributed by atoms with Crippen LogP contribution in [0.4, 0.5) is 0 Å². The summed E-state index contributed by atoms with van der Waals surface area (Å²) in [6.45, 7) is 7.01. The average molecular weight is 328 g/mol. The highest BCUT2D eigenvalue weighted by molar-refractivity contribution is 5.36. The van der Waals surface area contributed by atoms with E-state index >= 15 is 0 Å². The van der Waals surface area contributed by atoms with Crippen LogP contribution in [0.5, 0.6) is 17.2 Å². The summed E-state index contributed by atoms with van der Waals surface area (Å²) in [6.07, 6.45) is 2.87. The molecule has 0 spiro atoms. The molecule has 3 heteroatoms. The maximum absolute atomic E-state index is 5.85. The molecule has 0 aromatic heterocycles. The van der Waals surface area contributed by atoms with Crippen molar-refractivity contribution in [2.75, 3.05) is 13.7 Å². The van der Waals surface area contributed by atoms with Crippen molar-refractivity contribution >= 4 is 0 Å². The normalized spacial score (nSPS) is 13.3. The molecule has 3 nitrogen and oxygen atoms in total. The fourth-order valence-corrected chi connectivity index (χ4v) is 2.34. The fourth-order valence-electron chi connectivity index (χ4n) is 2.34. The van der Waals surface area contributed by atoms with E-state index in [0.717, 1.165) is 36.5 Å². The average Bonchev–Trinajstić information content (AvgIpc) is 2.63. The van der Waals surface area contributed by atoms with Crippen molar-refractivity contribution in [3.63, 3.8) is 0 Å². The molecule has 1 atom stereocenters. The van der Waals surface area contributed by atoms with Crippen LogP contribution in [0.1, 0.15) is 39.2 Å². The van der Waals surface area contributed by atoms with Crippen molar-refractivity contribution in [1.29, 1.82) is 0 Å². The quantitative estimate of drug-likeness (QED) is 0.597. The van der Waals surface area contributed by atoms with Gasteiger partial charge in [0.25, 0.3) is 0 Å². The van der Waals surface area contributed by atoms with Crippen LogP contribution >= 0.6 is 0 Å². The second kappa shape index (κ2) is 8.74. The first-order valence-electron chi connectivity index (χ1n) is 8.63. The zero-order valence-electron chi connectivity index (χ0n) is 15.2. The van der Waals surface area contributed by atoms with Crippen LogP contribution in [0, 0.1) is 0 Å². The van der Waals surface area contributed by atoms with Crippen LogP contribution in [0.3, 0.4) is 0 Å². The van der Waals surface area contributed by atoms with Gasteiger partial charge < -0.3 is 14.2 Å². The van der Waals surface area contributed by atoms with Crippen LogP contribution in [0.2, 0.25) is 0 Å². The molecule has 0 aliphatic rings. The lowest BCUT2D eigenvalue weighted by molar-refractivity contribution is -0.0133. The van der Waals surface area contributed by atoms with E-state index in [4.69, 9.17) is 14.2 Å². The van der Waals surface area contributed by atoms with Crippen LogP contribution < -0.4 is 9.47 Å². The van der Waals surface area contributed by atoms with E-state index in [1.165, 1.54) is 5.56 Å². The first kappa shape index (κ1) is 18.3. The van der Waals surface area contributed by atoms with Crippen molar-refractivity contribution < 1.29 is 14.2 Å². The summed E-state index contributed by atoms with van der Waals surface area (Å²) in [7, 11) is 1.75. The summed E-state index contributed by atoms with van der Waals surface area (Å²) >= 11 is 0. The fraction of sp³-hybridized carbons (Fsp3) is 0.429. The van der Waals surface area contributed by atoms with Crippen molar-refractivity contribution in [3.8, 4) is 17.2 Å². The number of hydrogen-bond donors (Lipinski definition) is 0. The highest BCUT2D eigenvalue weighted by Crippen LogP contribution is 2.25. The molecule has 0 N–H and O–H groups in total. The third kappa shape index (κ3) is 5.27. The van der Waals surface area contributed by atoms with Gasteiger partial charge in [-0.15, -0.1) is 0 Å². The maximum Gasteiger partial charge on any atom is 0.127 e. The number of methoxy groups -OCH3 is 1. The van der Waals surface area contributed by atoms with E-state index in [-0.39, 0.29) is 5.60 Å². The Morgan fingerprint density at radius 1 is 0.833 bits per heavy atom. The van der Waals surface area contributed by atoms with E-state index in [1.54, 1.807) is 7.11 Å². The summed E-state index contributed by atoms with van der Waals surface area (Å²) in [5.74, 6) is 2.50. The Morgan fingerprint density at radius 3 is 1.88 bits per heavy atom. The molecule has 0 heterocycles. The van der Waals surface area contributed by atoms with Gasteiger partial charge >= 0.3 is 0 Å². The molecule has 0 saturated heterocycles. The van der Waals surface area contributed by atoms with Gasteiger partial charge in [-0.05, 0) is 61.7 Å². The number of hydrogen-bond acceptors (Lipinski definition) is 3. The Hall–Kier alpha value is -2.00. The third-order valence-corrected chi connectivity index (χ3v) is 4.53. The summed E-state index contributed by atoms with van der Waals surface area (Å²) < 4.78 is 17.2. The van der Waals surface area contributed by atoms with Gasteiger partial charge in [-0.25, -0.2) is 0 Å². The molecule has 0 aliphatic carbocycles. The SMILES string of the molecule is CCc1ccc(Oc2ccc(OCCC(C)(CC)OC)cc2)cc1. The van der Waals surface area contributed by atoms with Crippen molar-refractivity contribution in [2.24, 2.45) is 0 Å². The minimum atomic E-state index is -0.117. The van der Waals surface area contributed by atoms with Crippen molar-refractivity contribution in [3.05, 3.63) is 54.1 Å². The molecular weight excluding hydrogens is 300 g/mol. The highest BCUT2D eigenvalue weighted by Gasteiger charge is 2.20.